The molecule has 1 aromatic heterocycles. The van der Waals surface area contributed by atoms with E-state index in [9.17, 15) is 0 Å². The minimum absolute atomic E-state index is 0.284. The van der Waals surface area contributed by atoms with Crippen molar-refractivity contribution in [3.8, 4) is 0 Å². The molecular weight excluding hydrogens is 200 g/mol. The van der Waals surface area contributed by atoms with Gasteiger partial charge in [-0.1, -0.05) is 19.1 Å². The molecule has 16 heavy (non-hydrogen) atoms. The van der Waals surface area contributed by atoms with E-state index in [0.29, 0.717) is 5.92 Å². The monoisotopic (exact) mass is 216 g/mol. The highest BCUT2D eigenvalue weighted by atomic mass is 16.3. The number of fused-ring (bicyclic) bond motifs is 1. The summed E-state index contributed by atoms with van der Waals surface area (Å²) in [5.74, 6) is 1.45. The number of nitrogens with zero attached hydrogens (tertiary/aromatic N) is 1. The number of oxazole rings is 1. The number of nitrogens with one attached hydrogen (secondary N) is 1. The number of para-hydroxylation sites is 1. The Morgan fingerprint density at radius 2 is 2.31 bits per heavy atom. The molecule has 3 nitrogen and oxygen atoms in total. The highest BCUT2D eigenvalue weighted by molar-refractivity contribution is 5.76. The molecule has 1 saturated heterocycles. The molecular formula is C13H16N2O. The van der Waals surface area contributed by atoms with Crippen LogP contribution in [0.15, 0.2) is 22.6 Å². The molecule has 2 unspecified atom stereocenters. The average Bonchev–Trinajstić information content (AvgIpc) is 2.84. The second-order valence-electron chi connectivity index (χ2n) is 4.67. The number of benzene rings is 1. The van der Waals surface area contributed by atoms with Gasteiger partial charge in [0.1, 0.15) is 5.52 Å². The maximum Gasteiger partial charge on any atom is 0.212 e. The fourth-order valence-corrected chi connectivity index (χ4v) is 2.40. The number of aryl methyl sites for hydroxylation is 1. The van der Waals surface area contributed by atoms with Crippen molar-refractivity contribution in [1.29, 1.82) is 0 Å². The van der Waals surface area contributed by atoms with Crippen LogP contribution in [0.5, 0.6) is 0 Å². The van der Waals surface area contributed by atoms with Gasteiger partial charge in [0, 0.05) is 0 Å². The number of hydrogen-bond donors (Lipinski definition) is 1. The first kappa shape index (κ1) is 9.85. The third-order valence-electron chi connectivity index (χ3n) is 3.43. The molecule has 0 spiro atoms. The SMILES string of the molecule is Cc1cccc2nc(C3NCCC3C)oc12. The van der Waals surface area contributed by atoms with E-state index < -0.39 is 0 Å². The Labute approximate surface area is 94.9 Å². The van der Waals surface area contributed by atoms with Crippen LogP contribution in [-0.2, 0) is 0 Å². The highest BCUT2D eigenvalue weighted by Crippen LogP contribution is 2.31. The predicted octanol–water partition coefficient (Wildman–Crippen LogP) is 2.81. The molecule has 2 aromatic rings. The minimum atomic E-state index is 0.284. The van der Waals surface area contributed by atoms with Gasteiger partial charge in [0.25, 0.3) is 0 Å². The van der Waals surface area contributed by atoms with Gasteiger partial charge in [-0.3, -0.25) is 0 Å². The van der Waals surface area contributed by atoms with Crippen molar-refractivity contribution < 1.29 is 4.42 Å². The molecule has 1 aliphatic rings. The second-order valence-corrected chi connectivity index (χ2v) is 4.67. The Bertz CT molecular complexity index is 518. The lowest BCUT2D eigenvalue weighted by Gasteiger charge is -2.10. The van der Waals surface area contributed by atoms with Crippen LogP contribution < -0.4 is 5.32 Å². The van der Waals surface area contributed by atoms with Gasteiger partial charge in [0.2, 0.25) is 5.89 Å². The molecule has 1 aliphatic heterocycles. The van der Waals surface area contributed by atoms with Gasteiger partial charge in [-0.2, -0.15) is 0 Å². The largest absolute Gasteiger partial charge is 0.439 e. The maximum atomic E-state index is 5.88. The van der Waals surface area contributed by atoms with Gasteiger partial charge in [-0.15, -0.1) is 0 Å². The summed E-state index contributed by atoms with van der Waals surface area (Å²) in [6, 6.07) is 6.37. The molecule has 1 fully saturated rings. The van der Waals surface area contributed by atoms with Crippen LogP contribution in [0, 0.1) is 12.8 Å². The van der Waals surface area contributed by atoms with Gasteiger partial charge < -0.3 is 9.73 Å². The molecule has 3 heteroatoms. The Balaban J connectivity index is 2.08. The third-order valence-corrected chi connectivity index (χ3v) is 3.43. The summed E-state index contributed by atoms with van der Waals surface area (Å²) < 4.78 is 5.88. The molecule has 2 atom stereocenters. The lowest BCUT2D eigenvalue weighted by atomic mass is 10.0. The van der Waals surface area contributed by atoms with Crippen LogP contribution in [0.3, 0.4) is 0 Å². The molecule has 84 valence electrons. The molecule has 3 rings (SSSR count). The van der Waals surface area contributed by atoms with Crippen molar-refractivity contribution in [1.82, 2.24) is 10.3 Å². The van der Waals surface area contributed by atoms with Crippen LogP contribution in [0.1, 0.15) is 30.8 Å². The number of hydrogen-bond acceptors (Lipinski definition) is 3. The highest BCUT2D eigenvalue weighted by Gasteiger charge is 2.28. The van der Waals surface area contributed by atoms with Gasteiger partial charge in [0.05, 0.1) is 6.04 Å². The lowest BCUT2D eigenvalue weighted by molar-refractivity contribution is 0.393. The van der Waals surface area contributed by atoms with Crippen LogP contribution in [0.25, 0.3) is 11.1 Å². The molecule has 1 aromatic carbocycles. The van der Waals surface area contributed by atoms with Crippen molar-refractivity contribution in [2.24, 2.45) is 5.92 Å². The van der Waals surface area contributed by atoms with Gasteiger partial charge >= 0.3 is 0 Å². The lowest BCUT2D eigenvalue weighted by Crippen LogP contribution is -2.16. The summed E-state index contributed by atoms with van der Waals surface area (Å²) in [6.07, 6.45) is 1.20. The molecule has 1 N–H and O–H groups in total. The molecule has 2 heterocycles. The van der Waals surface area contributed by atoms with Gasteiger partial charge in [-0.05, 0) is 37.4 Å². The van der Waals surface area contributed by atoms with Crippen molar-refractivity contribution >= 4 is 11.1 Å². The first-order chi connectivity index (χ1) is 7.75. The maximum absolute atomic E-state index is 5.88. The van der Waals surface area contributed by atoms with Crippen molar-refractivity contribution in [3.63, 3.8) is 0 Å². The zero-order chi connectivity index (χ0) is 11.1. The molecule has 0 aliphatic carbocycles. The van der Waals surface area contributed by atoms with E-state index >= 15 is 0 Å². The van der Waals surface area contributed by atoms with Crippen molar-refractivity contribution in [2.75, 3.05) is 6.54 Å². The summed E-state index contributed by atoms with van der Waals surface area (Å²) in [5, 5.41) is 3.45. The Morgan fingerprint density at radius 3 is 3.00 bits per heavy atom. The van der Waals surface area contributed by atoms with E-state index in [1.54, 1.807) is 0 Å². The summed E-state index contributed by atoms with van der Waals surface area (Å²) >= 11 is 0. The van der Waals surface area contributed by atoms with E-state index in [2.05, 4.69) is 30.2 Å². The average molecular weight is 216 g/mol. The topological polar surface area (TPSA) is 38.1 Å². The van der Waals surface area contributed by atoms with Crippen molar-refractivity contribution in [3.05, 3.63) is 29.7 Å². The molecule has 0 radical (unpaired) electrons. The van der Waals surface area contributed by atoms with Gasteiger partial charge in [-0.25, -0.2) is 4.98 Å². The predicted molar refractivity (Wildman–Crippen MR) is 63.3 cm³/mol. The van der Waals surface area contributed by atoms with Crippen LogP contribution >= 0.6 is 0 Å². The standard InChI is InChI=1S/C13H16N2O/c1-8-6-7-14-11(8)13-15-10-5-3-4-9(2)12(10)16-13/h3-5,8,11,14H,6-7H2,1-2H3. The fourth-order valence-electron chi connectivity index (χ4n) is 2.40. The van der Waals surface area contributed by atoms with E-state index in [1.807, 2.05) is 12.1 Å². The number of rotatable bonds is 1. The molecule has 0 amide bonds. The third kappa shape index (κ3) is 1.43. The normalized spacial score (nSPS) is 25.4. The quantitative estimate of drug-likeness (QED) is 0.796. The first-order valence-electron chi connectivity index (χ1n) is 5.85. The first-order valence-corrected chi connectivity index (χ1v) is 5.85. The summed E-state index contributed by atoms with van der Waals surface area (Å²) in [7, 11) is 0. The van der Waals surface area contributed by atoms with Crippen molar-refractivity contribution in [2.45, 2.75) is 26.3 Å². The molecule has 0 bridgehead atoms. The van der Waals surface area contributed by atoms with E-state index in [1.165, 1.54) is 6.42 Å². The zero-order valence-electron chi connectivity index (χ0n) is 9.66. The zero-order valence-corrected chi connectivity index (χ0v) is 9.66. The van der Waals surface area contributed by atoms with E-state index in [4.69, 9.17) is 4.42 Å². The minimum Gasteiger partial charge on any atom is -0.439 e. The molecule has 0 saturated carbocycles. The summed E-state index contributed by atoms with van der Waals surface area (Å²) in [6.45, 7) is 5.36. The van der Waals surface area contributed by atoms with Crippen LogP contribution in [0.2, 0.25) is 0 Å². The van der Waals surface area contributed by atoms with Crippen LogP contribution in [-0.4, -0.2) is 11.5 Å². The van der Waals surface area contributed by atoms with E-state index in [0.717, 1.165) is 29.1 Å². The number of aromatic nitrogens is 1. The Morgan fingerprint density at radius 1 is 1.44 bits per heavy atom. The Kier molecular flexibility index (Phi) is 2.21. The second kappa shape index (κ2) is 3.59. The smallest absolute Gasteiger partial charge is 0.212 e. The van der Waals surface area contributed by atoms with Crippen LogP contribution in [0.4, 0.5) is 0 Å². The fraction of sp³-hybridized carbons (Fsp3) is 0.462. The summed E-state index contributed by atoms with van der Waals surface area (Å²) in [5.41, 5.74) is 3.05. The summed E-state index contributed by atoms with van der Waals surface area (Å²) in [4.78, 5) is 4.58. The Hall–Kier alpha value is -1.35. The van der Waals surface area contributed by atoms with Gasteiger partial charge in [0.15, 0.2) is 5.58 Å². The van der Waals surface area contributed by atoms with E-state index in [-0.39, 0.29) is 6.04 Å².